The molecule has 3 rings (SSSR count). The highest BCUT2D eigenvalue weighted by atomic mass is 16.1. The van der Waals surface area contributed by atoms with Gasteiger partial charge in [0.2, 0.25) is 5.78 Å². The Bertz CT molecular complexity index is 744. The average molecular weight is 263 g/mol. The number of rotatable bonds is 1. The highest BCUT2D eigenvalue weighted by molar-refractivity contribution is 6.53. The summed E-state index contributed by atoms with van der Waals surface area (Å²) in [6.45, 7) is 1.97. The fourth-order valence-electron chi connectivity index (χ4n) is 2.35. The molecule has 0 heterocycles. The SMILES string of the molecule is Cc1cccc(N=C2CC(=O)c3ccccc3C2=O)c1. The molecule has 0 saturated carbocycles. The molecule has 0 aliphatic heterocycles. The molecule has 0 aromatic heterocycles. The summed E-state index contributed by atoms with van der Waals surface area (Å²) in [7, 11) is 0. The van der Waals surface area contributed by atoms with Crippen LogP contribution in [0.2, 0.25) is 0 Å². The molecule has 2 aromatic carbocycles. The van der Waals surface area contributed by atoms with Crippen molar-refractivity contribution < 1.29 is 9.59 Å². The van der Waals surface area contributed by atoms with Crippen molar-refractivity contribution in [3.63, 3.8) is 0 Å². The van der Waals surface area contributed by atoms with Crippen molar-refractivity contribution in [1.82, 2.24) is 0 Å². The van der Waals surface area contributed by atoms with Crippen LogP contribution in [0.3, 0.4) is 0 Å². The summed E-state index contributed by atoms with van der Waals surface area (Å²) in [6.07, 6.45) is 0.0732. The normalized spacial score (nSPS) is 16.4. The molecule has 0 fully saturated rings. The second-order valence-electron chi connectivity index (χ2n) is 4.87. The van der Waals surface area contributed by atoms with Crippen molar-refractivity contribution in [2.75, 3.05) is 0 Å². The van der Waals surface area contributed by atoms with Gasteiger partial charge in [0.1, 0.15) is 0 Å². The Kier molecular flexibility index (Phi) is 3.03. The number of nitrogens with zero attached hydrogens (tertiary/aromatic N) is 1. The first kappa shape index (κ1) is 12.5. The summed E-state index contributed by atoms with van der Waals surface area (Å²) in [5.41, 5.74) is 3.05. The highest BCUT2D eigenvalue weighted by Gasteiger charge is 2.28. The van der Waals surface area contributed by atoms with Crippen molar-refractivity contribution in [1.29, 1.82) is 0 Å². The average Bonchev–Trinajstić information content (AvgIpc) is 2.45. The van der Waals surface area contributed by atoms with Gasteiger partial charge in [0.15, 0.2) is 5.78 Å². The zero-order chi connectivity index (χ0) is 14.1. The molecule has 2 aromatic rings. The van der Waals surface area contributed by atoms with E-state index in [-0.39, 0.29) is 18.0 Å². The van der Waals surface area contributed by atoms with Crippen LogP contribution in [0.4, 0.5) is 5.69 Å². The molecule has 0 radical (unpaired) electrons. The zero-order valence-corrected chi connectivity index (χ0v) is 11.1. The van der Waals surface area contributed by atoms with Gasteiger partial charge in [-0.25, -0.2) is 4.99 Å². The molecule has 3 nitrogen and oxygen atoms in total. The topological polar surface area (TPSA) is 46.5 Å². The van der Waals surface area contributed by atoms with Gasteiger partial charge in [0, 0.05) is 11.1 Å². The van der Waals surface area contributed by atoms with Gasteiger partial charge >= 0.3 is 0 Å². The van der Waals surface area contributed by atoms with E-state index < -0.39 is 0 Å². The molecule has 1 aliphatic rings. The lowest BCUT2D eigenvalue weighted by Crippen LogP contribution is -2.26. The standard InChI is InChI=1S/C17H13NO2/c1-11-5-4-6-12(9-11)18-15-10-16(19)13-7-2-3-8-14(13)17(15)20/h2-9H,10H2,1H3. The van der Waals surface area contributed by atoms with Crippen LogP contribution >= 0.6 is 0 Å². The minimum Gasteiger partial charge on any atom is -0.294 e. The predicted molar refractivity (Wildman–Crippen MR) is 78.0 cm³/mol. The van der Waals surface area contributed by atoms with Gasteiger partial charge in [-0.3, -0.25) is 9.59 Å². The van der Waals surface area contributed by atoms with Gasteiger partial charge in [-0.1, -0.05) is 36.4 Å². The number of carbonyl (C=O) groups is 2. The van der Waals surface area contributed by atoms with Crippen molar-refractivity contribution in [2.24, 2.45) is 4.99 Å². The maximum atomic E-state index is 12.4. The Balaban J connectivity index is 2.05. The Morgan fingerprint density at radius 2 is 1.70 bits per heavy atom. The summed E-state index contributed by atoms with van der Waals surface area (Å²) in [5, 5.41) is 0. The molecule has 3 heteroatoms. The van der Waals surface area contributed by atoms with Gasteiger partial charge in [-0.05, 0) is 24.6 Å². The third-order valence-corrected chi connectivity index (χ3v) is 3.33. The molecule has 0 spiro atoms. The van der Waals surface area contributed by atoms with E-state index in [1.165, 1.54) is 0 Å². The number of benzene rings is 2. The van der Waals surface area contributed by atoms with Crippen LogP contribution in [-0.2, 0) is 0 Å². The fraction of sp³-hybridized carbons (Fsp3) is 0.118. The summed E-state index contributed by atoms with van der Waals surface area (Å²) in [6, 6.07) is 14.5. The zero-order valence-electron chi connectivity index (χ0n) is 11.1. The molecule has 0 atom stereocenters. The highest BCUT2D eigenvalue weighted by Crippen LogP contribution is 2.22. The quantitative estimate of drug-likeness (QED) is 0.790. The monoisotopic (exact) mass is 263 g/mol. The Morgan fingerprint density at radius 3 is 2.45 bits per heavy atom. The number of aliphatic imine (C=N–C) groups is 1. The molecule has 0 amide bonds. The maximum absolute atomic E-state index is 12.4. The summed E-state index contributed by atoms with van der Waals surface area (Å²) < 4.78 is 0. The van der Waals surface area contributed by atoms with Crippen LogP contribution in [0.25, 0.3) is 0 Å². The molecule has 0 saturated heterocycles. The summed E-state index contributed by atoms with van der Waals surface area (Å²) in [5.74, 6) is -0.201. The van der Waals surface area contributed by atoms with Crippen molar-refractivity contribution >= 4 is 23.0 Å². The van der Waals surface area contributed by atoms with Crippen LogP contribution in [0.1, 0.15) is 32.7 Å². The molecule has 0 N–H and O–H groups in total. The molecule has 1 aliphatic carbocycles. The molecule has 0 unspecified atom stereocenters. The molecule has 98 valence electrons. The first-order valence-corrected chi connectivity index (χ1v) is 6.46. The number of ketones is 2. The lowest BCUT2D eigenvalue weighted by molar-refractivity contribution is 0.0965. The van der Waals surface area contributed by atoms with E-state index in [9.17, 15) is 9.59 Å². The lowest BCUT2D eigenvalue weighted by Gasteiger charge is -2.15. The summed E-state index contributed by atoms with van der Waals surface area (Å²) >= 11 is 0. The van der Waals surface area contributed by atoms with Crippen LogP contribution in [0, 0.1) is 6.92 Å². The molecular formula is C17H13NO2. The van der Waals surface area contributed by atoms with E-state index in [4.69, 9.17) is 0 Å². The second kappa shape index (κ2) is 4.85. The van der Waals surface area contributed by atoms with E-state index in [1.807, 2.05) is 31.2 Å². The third-order valence-electron chi connectivity index (χ3n) is 3.33. The molecular weight excluding hydrogens is 250 g/mol. The van der Waals surface area contributed by atoms with E-state index in [1.54, 1.807) is 24.3 Å². The van der Waals surface area contributed by atoms with Crippen LogP contribution < -0.4 is 0 Å². The fourth-order valence-corrected chi connectivity index (χ4v) is 2.35. The predicted octanol–water partition coefficient (Wildman–Crippen LogP) is 3.54. The van der Waals surface area contributed by atoms with Gasteiger partial charge < -0.3 is 0 Å². The Labute approximate surface area is 117 Å². The first-order valence-electron chi connectivity index (χ1n) is 6.46. The van der Waals surface area contributed by atoms with E-state index in [0.29, 0.717) is 22.5 Å². The molecule has 0 bridgehead atoms. The number of hydrogen-bond donors (Lipinski definition) is 0. The van der Waals surface area contributed by atoms with Gasteiger partial charge in [-0.15, -0.1) is 0 Å². The van der Waals surface area contributed by atoms with Crippen molar-refractivity contribution in [3.8, 4) is 0 Å². The minimum absolute atomic E-state index is 0.0494. The number of aryl methyl sites for hydroxylation is 1. The van der Waals surface area contributed by atoms with Gasteiger partial charge in [0.05, 0.1) is 17.8 Å². The van der Waals surface area contributed by atoms with Crippen LogP contribution in [-0.4, -0.2) is 17.3 Å². The van der Waals surface area contributed by atoms with Crippen molar-refractivity contribution in [2.45, 2.75) is 13.3 Å². The second-order valence-corrected chi connectivity index (χ2v) is 4.87. The van der Waals surface area contributed by atoms with Crippen LogP contribution in [0.15, 0.2) is 53.5 Å². The molecule has 20 heavy (non-hydrogen) atoms. The van der Waals surface area contributed by atoms with Gasteiger partial charge in [0.25, 0.3) is 0 Å². The third kappa shape index (κ3) is 2.18. The summed E-state index contributed by atoms with van der Waals surface area (Å²) in [4.78, 5) is 28.8. The van der Waals surface area contributed by atoms with Gasteiger partial charge in [-0.2, -0.15) is 0 Å². The minimum atomic E-state index is -0.151. The number of fused-ring (bicyclic) bond motifs is 1. The number of carbonyl (C=O) groups excluding carboxylic acids is 2. The maximum Gasteiger partial charge on any atom is 0.208 e. The first-order chi connectivity index (χ1) is 9.65. The van der Waals surface area contributed by atoms with E-state index >= 15 is 0 Å². The number of Topliss-reactive ketones (excluding diaryl/α,β-unsaturated/α-hetero) is 2. The van der Waals surface area contributed by atoms with E-state index in [0.717, 1.165) is 5.56 Å². The van der Waals surface area contributed by atoms with Crippen LogP contribution in [0.5, 0.6) is 0 Å². The van der Waals surface area contributed by atoms with E-state index in [2.05, 4.69) is 4.99 Å². The largest absolute Gasteiger partial charge is 0.294 e. The Hall–Kier alpha value is -2.55. The Morgan fingerprint density at radius 1 is 0.950 bits per heavy atom. The van der Waals surface area contributed by atoms with Crippen molar-refractivity contribution in [3.05, 3.63) is 65.2 Å². The lowest BCUT2D eigenvalue weighted by atomic mass is 9.88. The number of hydrogen-bond acceptors (Lipinski definition) is 3. The smallest absolute Gasteiger partial charge is 0.208 e.